The SMILES string of the molecule is Cc1ccc(-n2nc(C3(C)CSC3)cc2NC(=O)Cc2ccc(Oc3ccnc(Cl)c3)c(Cl)c2)cc1. The molecule has 1 fully saturated rings. The zero-order valence-electron chi connectivity index (χ0n) is 19.8. The Morgan fingerprint density at radius 3 is 2.56 bits per heavy atom. The Morgan fingerprint density at radius 1 is 1.11 bits per heavy atom. The van der Waals surface area contributed by atoms with Gasteiger partial charge in [-0.2, -0.15) is 16.9 Å². The van der Waals surface area contributed by atoms with E-state index in [0.29, 0.717) is 27.5 Å². The van der Waals surface area contributed by atoms with Crippen LogP contribution in [0.1, 0.15) is 23.7 Å². The second-order valence-electron chi connectivity index (χ2n) is 9.12. The predicted octanol–water partition coefficient (Wildman–Crippen LogP) is 6.86. The molecule has 0 spiro atoms. The van der Waals surface area contributed by atoms with Crippen molar-refractivity contribution in [3.05, 3.63) is 93.9 Å². The smallest absolute Gasteiger partial charge is 0.229 e. The molecule has 1 aliphatic rings. The molecule has 0 saturated carbocycles. The molecule has 1 aliphatic heterocycles. The maximum Gasteiger partial charge on any atom is 0.229 e. The number of thioether (sulfide) groups is 1. The fourth-order valence-electron chi connectivity index (χ4n) is 3.89. The highest BCUT2D eigenvalue weighted by Crippen LogP contribution is 2.41. The van der Waals surface area contributed by atoms with E-state index in [1.165, 1.54) is 0 Å². The van der Waals surface area contributed by atoms with E-state index in [1.807, 2.05) is 59.8 Å². The van der Waals surface area contributed by atoms with Crippen molar-refractivity contribution in [2.24, 2.45) is 0 Å². The summed E-state index contributed by atoms with van der Waals surface area (Å²) in [6.07, 6.45) is 1.71. The van der Waals surface area contributed by atoms with E-state index < -0.39 is 0 Å². The highest BCUT2D eigenvalue weighted by Gasteiger charge is 2.37. The molecule has 36 heavy (non-hydrogen) atoms. The van der Waals surface area contributed by atoms with Gasteiger partial charge >= 0.3 is 0 Å². The summed E-state index contributed by atoms with van der Waals surface area (Å²) in [5.41, 5.74) is 3.83. The van der Waals surface area contributed by atoms with Gasteiger partial charge in [-0.15, -0.1) is 0 Å². The molecule has 3 heterocycles. The van der Waals surface area contributed by atoms with Gasteiger partial charge in [-0.05, 0) is 42.8 Å². The number of carbonyl (C=O) groups excluding carboxylic acids is 1. The lowest BCUT2D eigenvalue weighted by Crippen LogP contribution is -2.37. The predicted molar refractivity (Wildman–Crippen MR) is 146 cm³/mol. The number of hydrogen-bond acceptors (Lipinski definition) is 5. The lowest BCUT2D eigenvalue weighted by Gasteiger charge is -2.35. The van der Waals surface area contributed by atoms with Crippen molar-refractivity contribution in [1.29, 1.82) is 0 Å². The molecular formula is C27H24Cl2N4O2S. The number of rotatable bonds is 7. The van der Waals surface area contributed by atoms with Crippen LogP contribution in [0.2, 0.25) is 10.2 Å². The minimum absolute atomic E-state index is 0.0164. The molecule has 1 saturated heterocycles. The third-order valence-electron chi connectivity index (χ3n) is 6.00. The first-order chi connectivity index (χ1) is 17.3. The third-order valence-corrected chi connectivity index (χ3v) is 8.19. The number of carbonyl (C=O) groups is 1. The molecular weight excluding hydrogens is 515 g/mol. The number of anilines is 1. The van der Waals surface area contributed by atoms with Crippen LogP contribution in [0.3, 0.4) is 0 Å². The number of pyridine rings is 1. The van der Waals surface area contributed by atoms with Crippen LogP contribution in [0.25, 0.3) is 5.69 Å². The van der Waals surface area contributed by atoms with Crippen LogP contribution < -0.4 is 10.1 Å². The number of ether oxygens (including phenoxy) is 1. The summed E-state index contributed by atoms with van der Waals surface area (Å²) in [5.74, 6) is 3.53. The van der Waals surface area contributed by atoms with Crippen LogP contribution in [0.4, 0.5) is 5.82 Å². The van der Waals surface area contributed by atoms with Crippen LogP contribution in [-0.4, -0.2) is 32.2 Å². The van der Waals surface area contributed by atoms with Gasteiger partial charge in [0.05, 0.1) is 22.8 Å². The molecule has 1 amide bonds. The molecule has 0 aliphatic carbocycles. The van der Waals surface area contributed by atoms with Crippen molar-refractivity contribution in [1.82, 2.24) is 14.8 Å². The minimum Gasteiger partial charge on any atom is -0.456 e. The Labute approximate surface area is 224 Å². The van der Waals surface area contributed by atoms with Crippen LogP contribution in [0.5, 0.6) is 11.5 Å². The summed E-state index contributed by atoms with van der Waals surface area (Å²) in [6, 6.07) is 18.7. The van der Waals surface area contributed by atoms with Gasteiger partial charge in [0, 0.05) is 35.3 Å². The van der Waals surface area contributed by atoms with E-state index in [9.17, 15) is 4.79 Å². The molecule has 0 atom stereocenters. The van der Waals surface area contributed by atoms with Crippen molar-refractivity contribution < 1.29 is 9.53 Å². The number of nitrogens with zero attached hydrogens (tertiary/aromatic N) is 3. The minimum atomic E-state index is -0.159. The van der Waals surface area contributed by atoms with Gasteiger partial charge in [-0.25, -0.2) is 9.67 Å². The van der Waals surface area contributed by atoms with E-state index >= 15 is 0 Å². The number of aromatic nitrogens is 3. The summed E-state index contributed by atoms with van der Waals surface area (Å²) in [4.78, 5) is 17.0. The number of aryl methyl sites for hydroxylation is 1. The Hall–Kier alpha value is -3.00. The first-order valence-electron chi connectivity index (χ1n) is 11.4. The van der Waals surface area contributed by atoms with Crippen LogP contribution in [-0.2, 0) is 16.6 Å². The average Bonchev–Trinajstić information content (AvgIpc) is 3.23. The van der Waals surface area contributed by atoms with E-state index in [0.717, 1.165) is 34.0 Å². The van der Waals surface area contributed by atoms with E-state index in [1.54, 1.807) is 30.5 Å². The molecule has 0 bridgehead atoms. The molecule has 4 aromatic rings. The van der Waals surface area contributed by atoms with Gasteiger partial charge in [-0.3, -0.25) is 4.79 Å². The number of hydrogen-bond donors (Lipinski definition) is 1. The maximum absolute atomic E-state index is 13.0. The second-order valence-corrected chi connectivity index (χ2v) is 10.9. The summed E-state index contributed by atoms with van der Waals surface area (Å²) in [7, 11) is 0. The van der Waals surface area contributed by atoms with E-state index in [-0.39, 0.29) is 17.7 Å². The lowest BCUT2D eigenvalue weighted by atomic mass is 9.91. The Bertz CT molecular complexity index is 1420. The van der Waals surface area contributed by atoms with Gasteiger partial charge in [-0.1, -0.05) is 53.9 Å². The van der Waals surface area contributed by atoms with Crippen LogP contribution in [0.15, 0.2) is 66.9 Å². The highest BCUT2D eigenvalue weighted by atomic mass is 35.5. The quantitative estimate of drug-likeness (QED) is 0.260. The molecule has 2 aromatic carbocycles. The first-order valence-corrected chi connectivity index (χ1v) is 13.3. The van der Waals surface area contributed by atoms with Crippen LogP contribution >= 0.6 is 35.0 Å². The largest absolute Gasteiger partial charge is 0.456 e. The number of halogens is 2. The topological polar surface area (TPSA) is 69.0 Å². The van der Waals surface area contributed by atoms with Crippen molar-refractivity contribution >= 4 is 46.7 Å². The van der Waals surface area contributed by atoms with Gasteiger partial charge < -0.3 is 10.1 Å². The Kier molecular flexibility index (Phi) is 6.97. The summed E-state index contributed by atoms with van der Waals surface area (Å²) >= 11 is 14.3. The van der Waals surface area contributed by atoms with E-state index in [2.05, 4.69) is 17.2 Å². The molecule has 2 aromatic heterocycles. The molecule has 9 heteroatoms. The van der Waals surface area contributed by atoms with Crippen molar-refractivity contribution in [2.45, 2.75) is 25.7 Å². The summed E-state index contributed by atoms with van der Waals surface area (Å²) < 4.78 is 7.61. The molecule has 5 rings (SSSR count). The highest BCUT2D eigenvalue weighted by molar-refractivity contribution is 8.00. The van der Waals surface area contributed by atoms with Gasteiger partial charge in [0.25, 0.3) is 0 Å². The zero-order chi connectivity index (χ0) is 25.3. The van der Waals surface area contributed by atoms with Gasteiger partial charge in [0.1, 0.15) is 22.5 Å². The lowest BCUT2D eigenvalue weighted by molar-refractivity contribution is -0.115. The third kappa shape index (κ3) is 5.38. The number of nitrogens with one attached hydrogen (secondary N) is 1. The summed E-state index contributed by atoms with van der Waals surface area (Å²) in [5, 5.41) is 8.65. The normalized spacial score (nSPS) is 14.2. The molecule has 1 N–H and O–H groups in total. The van der Waals surface area contributed by atoms with Crippen molar-refractivity contribution in [3.8, 4) is 17.2 Å². The molecule has 6 nitrogen and oxygen atoms in total. The second kappa shape index (κ2) is 10.2. The molecule has 0 unspecified atom stereocenters. The molecule has 184 valence electrons. The van der Waals surface area contributed by atoms with E-state index in [4.69, 9.17) is 33.0 Å². The van der Waals surface area contributed by atoms with Crippen LogP contribution in [0, 0.1) is 6.92 Å². The Balaban J connectivity index is 1.33. The number of amides is 1. The summed E-state index contributed by atoms with van der Waals surface area (Å²) in [6.45, 7) is 4.25. The maximum atomic E-state index is 13.0. The standard InChI is InChI=1S/C27H24Cl2N4O2S/c1-17-3-6-19(7-4-17)33-25(14-23(32-33)27(2)15-36-16-27)31-26(34)12-18-5-8-22(21(28)11-18)35-20-9-10-30-24(29)13-20/h3-11,13-14H,12,15-16H2,1-2H3,(H,31,34). The Morgan fingerprint density at radius 2 is 1.89 bits per heavy atom. The zero-order valence-corrected chi connectivity index (χ0v) is 22.1. The first kappa shape index (κ1) is 24.7. The van der Waals surface area contributed by atoms with Gasteiger partial charge in [0.2, 0.25) is 5.91 Å². The fourth-order valence-corrected chi connectivity index (χ4v) is 5.41. The van der Waals surface area contributed by atoms with Crippen molar-refractivity contribution in [3.63, 3.8) is 0 Å². The van der Waals surface area contributed by atoms with Gasteiger partial charge in [0.15, 0.2) is 0 Å². The number of benzene rings is 2. The monoisotopic (exact) mass is 538 g/mol. The molecule has 0 radical (unpaired) electrons. The fraction of sp³-hybridized carbons (Fsp3) is 0.222. The average molecular weight is 539 g/mol. The van der Waals surface area contributed by atoms with Crippen molar-refractivity contribution in [2.75, 3.05) is 16.8 Å².